The van der Waals surface area contributed by atoms with Gasteiger partial charge in [0.15, 0.2) is 0 Å². The van der Waals surface area contributed by atoms with Crippen molar-refractivity contribution in [2.45, 2.75) is 25.6 Å². The van der Waals surface area contributed by atoms with E-state index in [2.05, 4.69) is 74.5 Å². The van der Waals surface area contributed by atoms with Crippen LogP contribution in [-0.2, 0) is 10.3 Å². The Labute approximate surface area is 125 Å². The molecule has 3 aromatic rings. The fraction of sp³-hybridized carbons (Fsp3) is 0.200. The van der Waals surface area contributed by atoms with Gasteiger partial charge in [-0.25, -0.2) is 0 Å². The van der Waals surface area contributed by atoms with Crippen LogP contribution < -0.4 is 0 Å². The van der Waals surface area contributed by atoms with E-state index in [4.69, 9.17) is 4.74 Å². The maximum absolute atomic E-state index is 6.48. The summed E-state index contributed by atoms with van der Waals surface area (Å²) < 4.78 is 6.48. The topological polar surface area (TPSA) is 9.23 Å². The molecule has 0 saturated heterocycles. The van der Waals surface area contributed by atoms with Gasteiger partial charge in [0, 0.05) is 0 Å². The van der Waals surface area contributed by atoms with Crippen LogP contribution in [0.3, 0.4) is 0 Å². The first-order valence-corrected chi connectivity index (χ1v) is 7.45. The lowest BCUT2D eigenvalue weighted by Gasteiger charge is -2.39. The van der Waals surface area contributed by atoms with E-state index >= 15 is 0 Å². The Bertz CT molecular complexity index is 801. The normalized spacial score (nSPS) is 24.2. The Balaban J connectivity index is 2.08. The van der Waals surface area contributed by atoms with Crippen LogP contribution in [0.5, 0.6) is 0 Å². The quantitative estimate of drug-likeness (QED) is 0.593. The molecule has 1 nitrogen and oxygen atoms in total. The molecule has 0 spiro atoms. The number of ether oxygens (including phenoxy) is 1. The first kappa shape index (κ1) is 12.6. The summed E-state index contributed by atoms with van der Waals surface area (Å²) in [6.45, 7) is 4.33. The molecule has 0 radical (unpaired) electrons. The molecular formula is C20H18O. The molecule has 3 aromatic carbocycles. The summed E-state index contributed by atoms with van der Waals surface area (Å²) in [5, 5.41) is 2.65. The van der Waals surface area contributed by atoms with Crippen molar-refractivity contribution in [2.75, 3.05) is 0 Å². The van der Waals surface area contributed by atoms with E-state index in [0.29, 0.717) is 0 Å². The third kappa shape index (κ3) is 1.74. The molecule has 21 heavy (non-hydrogen) atoms. The minimum atomic E-state index is -0.394. The molecule has 0 amide bonds. The van der Waals surface area contributed by atoms with Crippen LogP contribution in [0.2, 0.25) is 0 Å². The van der Waals surface area contributed by atoms with Crippen LogP contribution in [-0.4, -0.2) is 0 Å². The van der Waals surface area contributed by atoms with Crippen LogP contribution in [0.1, 0.15) is 36.6 Å². The molecule has 0 aromatic heterocycles. The predicted octanol–water partition coefficient (Wildman–Crippen LogP) is 5.19. The summed E-state index contributed by atoms with van der Waals surface area (Å²) >= 11 is 0. The van der Waals surface area contributed by atoms with E-state index in [1.165, 1.54) is 27.5 Å². The Morgan fingerprint density at radius 2 is 1.57 bits per heavy atom. The predicted molar refractivity (Wildman–Crippen MR) is 86.3 cm³/mol. The van der Waals surface area contributed by atoms with Crippen LogP contribution in [0, 0.1) is 0 Å². The van der Waals surface area contributed by atoms with Crippen molar-refractivity contribution in [3.63, 3.8) is 0 Å². The smallest absolute Gasteiger partial charge is 0.117 e. The van der Waals surface area contributed by atoms with Gasteiger partial charge in [-0.3, -0.25) is 0 Å². The second kappa shape index (κ2) is 4.44. The summed E-state index contributed by atoms with van der Waals surface area (Å²) in [7, 11) is 0. The second-order valence-corrected chi connectivity index (χ2v) is 5.91. The number of rotatable bonds is 1. The van der Waals surface area contributed by atoms with Crippen LogP contribution in [0.15, 0.2) is 66.7 Å². The summed E-state index contributed by atoms with van der Waals surface area (Å²) in [4.78, 5) is 0. The largest absolute Gasteiger partial charge is 0.358 e. The highest BCUT2D eigenvalue weighted by molar-refractivity contribution is 5.91. The lowest BCUT2D eigenvalue weighted by Crippen LogP contribution is -2.32. The van der Waals surface area contributed by atoms with Gasteiger partial charge in [-0.1, -0.05) is 66.7 Å². The molecule has 0 fully saturated rings. The van der Waals surface area contributed by atoms with E-state index in [9.17, 15) is 0 Å². The highest BCUT2D eigenvalue weighted by atomic mass is 16.5. The number of benzene rings is 3. The molecule has 0 unspecified atom stereocenters. The molecule has 0 bridgehead atoms. The van der Waals surface area contributed by atoms with Gasteiger partial charge in [-0.15, -0.1) is 0 Å². The molecule has 1 heterocycles. The molecule has 1 heteroatoms. The maximum Gasteiger partial charge on any atom is 0.117 e. The summed E-state index contributed by atoms with van der Waals surface area (Å²) in [6.07, 6.45) is 0.0915. The third-order valence-electron chi connectivity index (χ3n) is 4.63. The van der Waals surface area contributed by atoms with Gasteiger partial charge in [0.05, 0.1) is 6.10 Å². The van der Waals surface area contributed by atoms with Crippen molar-refractivity contribution < 1.29 is 4.74 Å². The van der Waals surface area contributed by atoms with Crippen molar-refractivity contribution in [1.29, 1.82) is 0 Å². The average Bonchev–Trinajstić information content (AvgIpc) is 2.53. The Morgan fingerprint density at radius 3 is 2.33 bits per heavy atom. The molecule has 104 valence electrons. The summed E-state index contributed by atoms with van der Waals surface area (Å²) in [5.74, 6) is 0. The number of hydrogen-bond acceptors (Lipinski definition) is 1. The van der Waals surface area contributed by atoms with Gasteiger partial charge in [-0.2, -0.15) is 0 Å². The van der Waals surface area contributed by atoms with Gasteiger partial charge in [0.25, 0.3) is 0 Å². The fourth-order valence-electron chi connectivity index (χ4n) is 3.57. The molecule has 4 rings (SSSR count). The first-order chi connectivity index (χ1) is 10.2. The van der Waals surface area contributed by atoms with Gasteiger partial charge in [0.1, 0.15) is 5.60 Å². The van der Waals surface area contributed by atoms with Crippen LogP contribution in [0.4, 0.5) is 0 Å². The summed E-state index contributed by atoms with van der Waals surface area (Å²) in [5.41, 5.74) is 3.37. The molecule has 1 aliphatic rings. The van der Waals surface area contributed by atoms with Crippen molar-refractivity contribution in [1.82, 2.24) is 0 Å². The highest BCUT2D eigenvalue weighted by Gasteiger charge is 2.38. The fourth-order valence-corrected chi connectivity index (χ4v) is 3.57. The second-order valence-electron chi connectivity index (χ2n) is 5.91. The minimum Gasteiger partial charge on any atom is -0.358 e. The zero-order chi connectivity index (χ0) is 14.4. The lowest BCUT2D eigenvalue weighted by molar-refractivity contribution is -0.0587. The van der Waals surface area contributed by atoms with Gasteiger partial charge in [-0.05, 0) is 41.3 Å². The zero-order valence-electron chi connectivity index (χ0n) is 12.3. The monoisotopic (exact) mass is 274 g/mol. The van der Waals surface area contributed by atoms with E-state index in [1.807, 2.05) is 6.07 Å². The van der Waals surface area contributed by atoms with E-state index in [1.54, 1.807) is 0 Å². The van der Waals surface area contributed by atoms with Gasteiger partial charge >= 0.3 is 0 Å². The molecule has 0 N–H and O–H groups in total. The Morgan fingerprint density at radius 1 is 0.857 bits per heavy atom. The van der Waals surface area contributed by atoms with E-state index in [0.717, 1.165) is 0 Å². The number of hydrogen-bond donors (Lipinski definition) is 0. The molecule has 0 saturated carbocycles. The van der Waals surface area contributed by atoms with Gasteiger partial charge < -0.3 is 4.74 Å². The molecule has 0 aliphatic carbocycles. The van der Waals surface area contributed by atoms with Crippen molar-refractivity contribution >= 4 is 10.8 Å². The van der Waals surface area contributed by atoms with Crippen molar-refractivity contribution in [3.05, 3.63) is 83.4 Å². The van der Waals surface area contributed by atoms with Crippen molar-refractivity contribution in [2.24, 2.45) is 0 Å². The molecular weight excluding hydrogens is 256 g/mol. The SMILES string of the molecule is C[C@H]1O[C@@](C)(c2ccccc2)c2cccc3cccc1c23. The standard InChI is InChI=1S/C20H18O/c1-14-17-12-6-8-15-9-7-13-18(19(15)17)20(2,21-14)16-10-4-3-5-11-16/h3-14H,1-2H3/t14-,20+/m1/s1. The summed E-state index contributed by atoms with van der Waals surface area (Å²) in [6, 6.07) is 23.5. The van der Waals surface area contributed by atoms with Crippen LogP contribution >= 0.6 is 0 Å². The lowest BCUT2D eigenvalue weighted by atomic mass is 9.80. The van der Waals surface area contributed by atoms with E-state index < -0.39 is 5.60 Å². The van der Waals surface area contributed by atoms with Crippen molar-refractivity contribution in [3.8, 4) is 0 Å². The van der Waals surface area contributed by atoms with E-state index in [-0.39, 0.29) is 6.10 Å². The highest BCUT2D eigenvalue weighted by Crippen LogP contribution is 2.47. The third-order valence-corrected chi connectivity index (χ3v) is 4.63. The average molecular weight is 274 g/mol. The minimum absolute atomic E-state index is 0.0915. The van der Waals surface area contributed by atoms with Gasteiger partial charge in [0.2, 0.25) is 0 Å². The maximum atomic E-state index is 6.48. The Hall–Kier alpha value is -2.12. The first-order valence-electron chi connectivity index (χ1n) is 7.45. The Kier molecular flexibility index (Phi) is 2.66. The molecule has 2 atom stereocenters. The zero-order valence-corrected chi connectivity index (χ0v) is 12.3. The van der Waals surface area contributed by atoms with Crippen LogP contribution in [0.25, 0.3) is 10.8 Å². The molecule has 1 aliphatic heterocycles.